The summed E-state index contributed by atoms with van der Waals surface area (Å²) in [5, 5.41) is 20.8. The molecule has 0 radical (unpaired) electrons. The second kappa shape index (κ2) is 6.40. The van der Waals surface area contributed by atoms with Gasteiger partial charge in [0.15, 0.2) is 0 Å². The molecule has 0 saturated heterocycles. The number of nitriles is 2. The maximum Gasteiger partial charge on any atom is 0.143 e. The third-order valence-corrected chi connectivity index (χ3v) is 3.00. The second-order valence-electron chi connectivity index (χ2n) is 4.27. The average Bonchev–Trinajstić information content (AvgIpc) is 2.53. The molecule has 0 unspecified atom stereocenters. The van der Waals surface area contributed by atoms with Crippen LogP contribution in [0.5, 0.6) is 5.75 Å². The Hall–Kier alpha value is -3.05. The summed E-state index contributed by atoms with van der Waals surface area (Å²) in [5.74, 6) is 0.0538. The van der Waals surface area contributed by atoms with Crippen LogP contribution < -0.4 is 10.1 Å². The van der Waals surface area contributed by atoms with Crippen LogP contribution in [0.15, 0.2) is 36.4 Å². The van der Waals surface area contributed by atoms with Crippen molar-refractivity contribution >= 4 is 5.69 Å². The molecule has 1 N–H and O–H groups in total. The van der Waals surface area contributed by atoms with Gasteiger partial charge >= 0.3 is 0 Å². The summed E-state index contributed by atoms with van der Waals surface area (Å²) in [6.07, 6.45) is 0. The van der Waals surface area contributed by atoms with Crippen LogP contribution in [0, 0.1) is 28.5 Å². The summed E-state index contributed by atoms with van der Waals surface area (Å²) >= 11 is 0. The smallest absolute Gasteiger partial charge is 0.143 e. The first-order valence-corrected chi connectivity index (χ1v) is 6.19. The summed E-state index contributed by atoms with van der Waals surface area (Å²) in [7, 11) is 1.50. The lowest BCUT2D eigenvalue weighted by Crippen LogP contribution is -2.05. The minimum absolute atomic E-state index is 0.187. The number of halogens is 1. The Balaban J connectivity index is 2.25. The van der Waals surface area contributed by atoms with Crippen molar-refractivity contribution in [3.63, 3.8) is 0 Å². The molecular weight excluding hydrogens is 269 g/mol. The number of anilines is 1. The summed E-state index contributed by atoms with van der Waals surface area (Å²) in [4.78, 5) is 0. The van der Waals surface area contributed by atoms with Crippen LogP contribution in [-0.2, 0) is 6.54 Å². The van der Waals surface area contributed by atoms with Crippen molar-refractivity contribution in [1.29, 1.82) is 10.5 Å². The van der Waals surface area contributed by atoms with E-state index >= 15 is 0 Å². The first-order chi connectivity index (χ1) is 10.2. The molecule has 0 bridgehead atoms. The molecule has 0 aromatic heterocycles. The molecule has 2 aromatic rings. The molecule has 0 saturated carbocycles. The van der Waals surface area contributed by atoms with E-state index in [2.05, 4.69) is 11.4 Å². The zero-order valence-corrected chi connectivity index (χ0v) is 11.4. The van der Waals surface area contributed by atoms with Gasteiger partial charge in [-0.05, 0) is 24.3 Å². The second-order valence-corrected chi connectivity index (χ2v) is 4.27. The van der Waals surface area contributed by atoms with Crippen molar-refractivity contribution in [2.75, 3.05) is 12.4 Å². The van der Waals surface area contributed by atoms with Gasteiger partial charge in [-0.25, -0.2) is 4.39 Å². The molecule has 5 heteroatoms. The minimum Gasteiger partial charge on any atom is -0.495 e. The van der Waals surface area contributed by atoms with Crippen molar-refractivity contribution in [2.45, 2.75) is 6.54 Å². The predicted molar refractivity (Wildman–Crippen MR) is 76.2 cm³/mol. The number of nitrogens with one attached hydrogen (secondary N) is 1. The van der Waals surface area contributed by atoms with Crippen molar-refractivity contribution in [3.05, 3.63) is 58.9 Å². The van der Waals surface area contributed by atoms with Gasteiger partial charge in [0.1, 0.15) is 17.6 Å². The van der Waals surface area contributed by atoms with Crippen LogP contribution in [0.25, 0.3) is 0 Å². The van der Waals surface area contributed by atoms with Gasteiger partial charge in [-0.1, -0.05) is 12.1 Å². The molecule has 0 heterocycles. The van der Waals surface area contributed by atoms with E-state index in [0.717, 1.165) is 0 Å². The fourth-order valence-corrected chi connectivity index (χ4v) is 1.92. The maximum atomic E-state index is 13.8. The maximum absolute atomic E-state index is 13.8. The van der Waals surface area contributed by atoms with Crippen molar-refractivity contribution in [1.82, 2.24) is 0 Å². The van der Waals surface area contributed by atoms with Gasteiger partial charge in [-0.2, -0.15) is 10.5 Å². The molecule has 4 nitrogen and oxygen atoms in total. The van der Waals surface area contributed by atoms with E-state index in [9.17, 15) is 4.39 Å². The Labute approximate surface area is 122 Å². The fourth-order valence-electron chi connectivity index (χ4n) is 1.92. The Morgan fingerprint density at radius 1 is 1.19 bits per heavy atom. The number of hydrogen-bond donors (Lipinski definition) is 1. The summed E-state index contributed by atoms with van der Waals surface area (Å²) in [6.45, 7) is 0.187. The molecule has 104 valence electrons. The Morgan fingerprint density at radius 2 is 2.00 bits per heavy atom. The van der Waals surface area contributed by atoms with Crippen LogP contribution in [0.4, 0.5) is 10.1 Å². The standard InChI is InChI=1S/C16H12FN3O/c1-21-15-4-2-3-12(9-19)16(15)20-10-13-6-5-11(8-18)7-14(13)17/h2-7,20H,10H2,1H3. The zero-order chi connectivity index (χ0) is 15.2. The number of benzene rings is 2. The van der Waals surface area contributed by atoms with Gasteiger partial charge in [0, 0.05) is 12.1 Å². The number of rotatable bonds is 4. The van der Waals surface area contributed by atoms with Crippen LogP contribution in [0.1, 0.15) is 16.7 Å². The summed E-state index contributed by atoms with van der Waals surface area (Å²) in [5.41, 5.74) is 1.62. The topological polar surface area (TPSA) is 68.8 Å². The molecule has 0 aliphatic rings. The summed E-state index contributed by atoms with van der Waals surface area (Å²) in [6, 6.07) is 13.3. The Morgan fingerprint density at radius 3 is 2.62 bits per heavy atom. The average molecular weight is 281 g/mol. The molecule has 2 aromatic carbocycles. The van der Waals surface area contributed by atoms with E-state index in [4.69, 9.17) is 15.3 Å². The first kappa shape index (κ1) is 14.4. The zero-order valence-electron chi connectivity index (χ0n) is 11.4. The van der Waals surface area contributed by atoms with E-state index in [-0.39, 0.29) is 12.1 Å². The molecule has 0 fully saturated rings. The lowest BCUT2D eigenvalue weighted by molar-refractivity contribution is 0.416. The lowest BCUT2D eigenvalue weighted by Gasteiger charge is -2.13. The fraction of sp³-hybridized carbons (Fsp3) is 0.125. The van der Waals surface area contributed by atoms with Crippen LogP contribution in [-0.4, -0.2) is 7.11 Å². The number of para-hydroxylation sites is 1. The normalized spacial score (nSPS) is 9.52. The molecule has 0 aliphatic heterocycles. The van der Waals surface area contributed by atoms with Gasteiger partial charge in [-0.3, -0.25) is 0 Å². The first-order valence-electron chi connectivity index (χ1n) is 6.19. The molecule has 2 rings (SSSR count). The Bertz CT molecular complexity index is 744. The number of nitrogens with zero attached hydrogens (tertiary/aromatic N) is 2. The largest absolute Gasteiger partial charge is 0.495 e. The Kier molecular flexibility index (Phi) is 4.38. The highest BCUT2D eigenvalue weighted by atomic mass is 19.1. The number of ether oxygens (including phenoxy) is 1. The number of methoxy groups -OCH3 is 1. The summed E-state index contributed by atoms with van der Waals surface area (Å²) < 4.78 is 19.0. The number of hydrogen-bond acceptors (Lipinski definition) is 4. The molecule has 21 heavy (non-hydrogen) atoms. The van der Waals surface area contributed by atoms with Gasteiger partial charge in [0.2, 0.25) is 0 Å². The van der Waals surface area contributed by atoms with Crippen LogP contribution >= 0.6 is 0 Å². The monoisotopic (exact) mass is 281 g/mol. The highest BCUT2D eigenvalue weighted by molar-refractivity contribution is 5.66. The van der Waals surface area contributed by atoms with Crippen molar-refractivity contribution in [2.24, 2.45) is 0 Å². The van der Waals surface area contributed by atoms with Crippen LogP contribution in [0.3, 0.4) is 0 Å². The quantitative estimate of drug-likeness (QED) is 0.934. The third kappa shape index (κ3) is 3.10. The van der Waals surface area contributed by atoms with Crippen LogP contribution in [0.2, 0.25) is 0 Å². The van der Waals surface area contributed by atoms with Gasteiger partial charge in [0.25, 0.3) is 0 Å². The minimum atomic E-state index is -0.463. The lowest BCUT2D eigenvalue weighted by atomic mass is 10.1. The molecule has 0 amide bonds. The van der Waals surface area contributed by atoms with Gasteiger partial charge in [-0.15, -0.1) is 0 Å². The van der Waals surface area contributed by atoms with Crippen molar-refractivity contribution in [3.8, 4) is 17.9 Å². The third-order valence-electron chi connectivity index (χ3n) is 3.00. The van der Waals surface area contributed by atoms with E-state index in [1.165, 1.54) is 13.2 Å². The van der Waals surface area contributed by atoms with E-state index < -0.39 is 5.82 Å². The van der Waals surface area contributed by atoms with E-state index in [1.54, 1.807) is 30.3 Å². The van der Waals surface area contributed by atoms with Gasteiger partial charge < -0.3 is 10.1 Å². The predicted octanol–water partition coefficient (Wildman–Crippen LogP) is 3.19. The molecule has 0 atom stereocenters. The SMILES string of the molecule is COc1cccc(C#N)c1NCc1ccc(C#N)cc1F. The molecular formula is C16H12FN3O. The van der Waals surface area contributed by atoms with E-state index in [1.807, 2.05) is 6.07 Å². The molecule has 0 spiro atoms. The molecule has 0 aliphatic carbocycles. The highest BCUT2D eigenvalue weighted by Crippen LogP contribution is 2.28. The highest BCUT2D eigenvalue weighted by Gasteiger charge is 2.10. The van der Waals surface area contributed by atoms with E-state index in [0.29, 0.717) is 22.6 Å². The van der Waals surface area contributed by atoms with Crippen molar-refractivity contribution < 1.29 is 9.13 Å². The van der Waals surface area contributed by atoms with Gasteiger partial charge in [0.05, 0.1) is 30.0 Å².